The molecule has 6 heteroatoms. The number of anilines is 1. The minimum atomic E-state index is -0.618. The van der Waals surface area contributed by atoms with Crippen molar-refractivity contribution in [3.05, 3.63) is 54.1 Å². The topological polar surface area (TPSA) is 75.3 Å². The van der Waals surface area contributed by atoms with Crippen molar-refractivity contribution in [3.63, 3.8) is 0 Å². The second kappa shape index (κ2) is 6.87. The molecule has 0 spiro atoms. The number of pyridine rings is 2. The van der Waals surface area contributed by atoms with E-state index in [0.29, 0.717) is 35.2 Å². The number of piperidine rings is 1. The van der Waals surface area contributed by atoms with Gasteiger partial charge >= 0.3 is 0 Å². The molecule has 1 aliphatic rings. The lowest BCUT2D eigenvalue weighted by Crippen LogP contribution is -2.42. The highest BCUT2D eigenvalue weighted by molar-refractivity contribution is 5.87. The van der Waals surface area contributed by atoms with Gasteiger partial charge in [-0.25, -0.2) is 9.37 Å². The number of aromatic nitrogens is 2. The Morgan fingerprint density at radius 1 is 1.22 bits per heavy atom. The van der Waals surface area contributed by atoms with Gasteiger partial charge in [-0.2, -0.15) is 0 Å². The zero-order valence-corrected chi connectivity index (χ0v) is 15.3. The fourth-order valence-corrected chi connectivity index (χ4v) is 3.50. The van der Waals surface area contributed by atoms with Crippen molar-refractivity contribution in [2.75, 3.05) is 18.0 Å². The van der Waals surface area contributed by atoms with E-state index in [1.807, 2.05) is 31.2 Å². The van der Waals surface area contributed by atoms with Crippen molar-refractivity contribution in [3.8, 4) is 11.3 Å². The lowest BCUT2D eigenvalue weighted by Gasteiger charge is -2.36. The van der Waals surface area contributed by atoms with Gasteiger partial charge in [-0.3, -0.25) is 4.98 Å². The van der Waals surface area contributed by atoms with Gasteiger partial charge in [0.05, 0.1) is 17.0 Å². The molecule has 1 fully saturated rings. The molecule has 1 aliphatic heterocycles. The predicted molar refractivity (Wildman–Crippen MR) is 105 cm³/mol. The van der Waals surface area contributed by atoms with Crippen LogP contribution >= 0.6 is 0 Å². The van der Waals surface area contributed by atoms with Crippen LogP contribution in [0.4, 0.5) is 10.2 Å². The number of hydrogen-bond donors (Lipinski definition) is 2. The van der Waals surface area contributed by atoms with Crippen LogP contribution in [0.15, 0.2) is 42.6 Å². The molecule has 5 nitrogen and oxygen atoms in total. The van der Waals surface area contributed by atoms with Crippen molar-refractivity contribution in [2.45, 2.75) is 31.9 Å². The molecule has 1 aromatic carbocycles. The molecule has 0 atom stereocenters. The van der Waals surface area contributed by atoms with Crippen molar-refractivity contribution < 1.29 is 9.50 Å². The lowest BCUT2D eigenvalue weighted by molar-refractivity contribution is 0.0350. The smallest absolute Gasteiger partial charge is 0.140 e. The zero-order chi connectivity index (χ0) is 19.0. The molecule has 140 valence electrons. The standard InChI is InChI=1S/C21H23FN4O/c1-21(27)7-9-26(10-8-21)19-4-2-3-18(25-19)16-6-5-14-13-24-15(12-23)11-17(14)20(16)22/h2-6,11,13,27H,7-10,12,23H2,1H3. The highest BCUT2D eigenvalue weighted by Gasteiger charge is 2.28. The molecule has 3 aromatic rings. The van der Waals surface area contributed by atoms with Crippen molar-refractivity contribution in [2.24, 2.45) is 5.73 Å². The summed E-state index contributed by atoms with van der Waals surface area (Å²) in [6, 6.07) is 10.9. The van der Waals surface area contributed by atoms with Crippen LogP contribution < -0.4 is 10.6 Å². The van der Waals surface area contributed by atoms with E-state index in [1.54, 1.807) is 18.3 Å². The molecule has 3 N–H and O–H groups in total. The van der Waals surface area contributed by atoms with Gasteiger partial charge in [-0.05, 0) is 44.0 Å². The van der Waals surface area contributed by atoms with E-state index in [-0.39, 0.29) is 12.4 Å². The third kappa shape index (κ3) is 3.50. The number of aliphatic hydroxyl groups is 1. The molecule has 0 radical (unpaired) electrons. The first-order valence-electron chi connectivity index (χ1n) is 9.19. The summed E-state index contributed by atoms with van der Waals surface area (Å²) in [5, 5.41) is 11.4. The fraction of sp³-hybridized carbons (Fsp3) is 0.333. The van der Waals surface area contributed by atoms with E-state index >= 15 is 4.39 Å². The van der Waals surface area contributed by atoms with Gasteiger partial charge in [-0.15, -0.1) is 0 Å². The number of fused-ring (bicyclic) bond motifs is 1. The normalized spacial score (nSPS) is 16.7. The molecule has 4 rings (SSSR count). The second-order valence-corrected chi connectivity index (χ2v) is 7.39. The molecular formula is C21H23FN4O. The third-order valence-corrected chi connectivity index (χ3v) is 5.28. The van der Waals surface area contributed by atoms with Crippen LogP contribution in [0, 0.1) is 5.82 Å². The van der Waals surface area contributed by atoms with E-state index in [0.717, 1.165) is 24.3 Å². The Morgan fingerprint density at radius 3 is 2.74 bits per heavy atom. The van der Waals surface area contributed by atoms with Crippen LogP contribution in [0.3, 0.4) is 0 Å². The Labute approximate surface area is 157 Å². The Kier molecular flexibility index (Phi) is 4.53. The first-order chi connectivity index (χ1) is 13.0. The van der Waals surface area contributed by atoms with Gasteiger partial charge in [0.1, 0.15) is 11.6 Å². The van der Waals surface area contributed by atoms with E-state index in [4.69, 9.17) is 5.73 Å². The van der Waals surface area contributed by atoms with Gasteiger partial charge in [0.2, 0.25) is 0 Å². The van der Waals surface area contributed by atoms with Crippen LogP contribution in [-0.4, -0.2) is 33.8 Å². The van der Waals surface area contributed by atoms with Gasteiger partial charge in [0, 0.05) is 42.2 Å². The average Bonchev–Trinajstić information content (AvgIpc) is 2.68. The van der Waals surface area contributed by atoms with Gasteiger partial charge in [0.25, 0.3) is 0 Å². The lowest BCUT2D eigenvalue weighted by atomic mass is 9.94. The largest absolute Gasteiger partial charge is 0.390 e. The minimum absolute atomic E-state index is 0.270. The van der Waals surface area contributed by atoms with Crippen LogP contribution in [0.1, 0.15) is 25.5 Å². The summed E-state index contributed by atoms with van der Waals surface area (Å²) in [5.41, 5.74) is 6.73. The number of hydrogen-bond acceptors (Lipinski definition) is 5. The number of halogens is 1. The van der Waals surface area contributed by atoms with Crippen molar-refractivity contribution in [1.29, 1.82) is 0 Å². The molecule has 0 unspecified atom stereocenters. The average molecular weight is 366 g/mol. The Morgan fingerprint density at radius 2 is 2.00 bits per heavy atom. The zero-order valence-electron chi connectivity index (χ0n) is 15.3. The van der Waals surface area contributed by atoms with E-state index < -0.39 is 5.60 Å². The summed E-state index contributed by atoms with van der Waals surface area (Å²) in [4.78, 5) is 11.0. The quantitative estimate of drug-likeness (QED) is 0.744. The predicted octanol–water partition coefficient (Wildman–Crippen LogP) is 3.25. The van der Waals surface area contributed by atoms with Crippen LogP contribution in [0.2, 0.25) is 0 Å². The van der Waals surface area contributed by atoms with Gasteiger partial charge < -0.3 is 15.7 Å². The Hall–Kier alpha value is -2.57. The van der Waals surface area contributed by atoms with Crippen molar-refractivity contribution >= 4 is 16.6 Å². The molecular weight excluding hydrogens is 343 g/mol. The van der Waals surface area contributed by atoms with Gasteiger partial charge in [-0.1, -0.05) is 12.1 Å². The van der Waals surface area contributed by atoms with Crippen LogP contribution in [0.25, 0.3) is 22.0 Å². The molecule has 0 amide bonds. The highest BCUT2D eigenvalue weighted by Crippen LogP contribution is 2.30. The SMILES string of the molecule is CC1(O)CCN(c2cccc(-c3ccc4cnc(CN)cc4c3F)n2)CC1. The second-order valence-electron chi connectivity index (χ2n) is 7.39. The molecule has 3 heterocycles. The summed E-state index contributed by atoms with van der Waals surface area (Å²) in [7, 11) is 0. The maximum absolute atomic E-state index is 15.2. The van der Waals surface area contributed by atoms with E-state index in [2.05, 4.69) is 14.9 Å². The van der Waals surface area contributed by atoms with Crippen molar-refractivity contribution in [1.82, 2.24) is 9.97 Å². The molecule has 0 aliphatic carbocycles. The monoisotopic (exact) mass is 366 g/mol. The maximum Gasteiger partial charge on any atom is 0.140 e. The van der Waals surface area contributed by atoms with E-state index in [1.165, 1.54) is 0 Å². The third-order valence-electron chi connectivity index (χ3n) is 5.28. The summed E-state index contributed by atoms with van der Waals surface area (Å²) < 4.78 is 15.2. The highest BCUT2D eigenvalue weighted by atomic mass is 19.1. The summed E-state index contributed by atoms with van der Waals surface area (Å²) in [5.74, 6) is 0.496. The summed E-state index contributed by atoms with van der Waals surface area (Å²) in [6.07, 6.45) is 3.03. The number of nitrogens with zero attached hydrogens (tertiary/aromatic N) is 3. The van der Waals surface area contributed by atoms with Crippen LogP contribution in [-0.2, 0) is 6.54 Å². The van der Waals surface area contributed by atoms with Crippen LogP contribution in [0.5, 0.6) is 0 Å². The molecule has 0 saturated carbocycles. The first kappa shape index (κ1) is 17.8. The molecule has 2 aromatic heterocycles. The first-order valence-corrected chi connectivity index (χ1v) is 9.19. The fourth-order valence-electron chi connectivity index (χ4n) is 3.50. The number of rotatable bonds is 3. The maximum atomic E-state index is 15.2. The number of benzene rings is 1. The number of nitrogens with two attached hydrogens (primary N) is 1. The molecule has 27 heavy (non-hydrogen) atoms. The van der Waals surface area contributed by atoms with Gasteiger partial charge in [0.15, 0.2) is 0 Å². The summed E-state index contributed by atoms with van der Waals surface area (Å²) in [6.45, 7) is 3.60. The summed E-state index contributed by atoms with van der Waals surface area (Å²) >= 11 is 0. The molecule has 1 saturated heterocycles. The molecule has 0 bridgehead atoms. The minimum Gasteiger partial charge on any atom is -0.390 e. The van der Waals surface area contributed by atoms with E-state index in [9.17, 15) is 5.11 Å². The Bertz CT molecular complexity index is 979. The Balaban J connectivity index is 1.71.